The SMILES string of the molecule is Cc1onc(C2CCC(c3nnc4n3-c3ccc(Cl)cc3CNC4)CC2)c1C. The van der Waals surface area contributed by atoms with E-state index in [1.54, 1.807) is 0 Å². The summed E-state index contributed by atoms with van der Waals surface area (Å²) in [6, 6.07) is 6.08. The van der Waals surface area contributed by atoms with Gasteiger partial charge in [-0.25, -0.2) is 0 Å². The molecule has 7 heteroatoms. The molecule has 0 bridgehead atoms. The van der Waals surface area contributed by atoms with Gasteiger partial charge in [0.25, 0.3) is 0 Å². The lowest BCUT2D eigenvalue weighted by Crippen LogP contribution is -2.17. The minimum Gasteiger partial charge on any atom is -0.361 e. The van der Waals surface area contributed by atoms with E-state index >= 15 is 0 Å². The van der Waals surface area contributed by atoms with Gasteiger partial charge in [-0.05, 0) is 63.3 Å². The standard InChI is InChI=1S/C21H24ClN5O/c1-12-13(2)28-26-20(12)14-3-5-15(6-4-14)21-25-24-19-11-23-10-16-9-17(22)7-8-18(16)27(19)21/h7-9,14-15,23H,3-6,10-11H2,1-2H3. The maximum atomic E-state index is 6.23. The van der Waals surface area contributed by atoms with Gasteiger partial charge < -0.3 is 9.84 Å². The van der Waals surface area contributed by atoms with Crippen LogP contribution in [0.5, 0.6) is 0 Å². The highest BCUT2D eigenvalue weighted by atomic mass is 35.5. The molecule has 1 fully saturated rings. The van der Waals surface area contributed by atoms with Gasteiger partial charge in [0.05, 0.1) is 17.9 Å². The fourth-order valence-corrected chi connectivity index (χ4v) is 4.83. The molecule has 3 aromatic rings. The van der Waals surface area contributed by atoms with Crippen molar-refractivity contribution < 1.29 is 4.52 Å². The van der Waals surface area contributed by atoms with E-state index in [4.69, 9.17) is 16.1 Å². The molecule has 0 saturated heterocycles. The first-order valence-corrected chi connectivity index (χ1v) is 10.4. The summed E-state index contributed by atoms with van der Waals surface area (Å²) in [5.41, 5.74) is 4.68. The van der Waals surface area contributed by atoms with Gasteiger partial charge in [-0.15, -0.1) is 10.2 Å². The number of halogens is 1. The number of hydrogen-bond acceptors (Lipinski definition) is 5. The lowest BCUT2D eigenvalue weighted by molar-refractivity contribution is 0.347. The average Bonchev–Trinajstić information content (AvgIpc) is 3.21. The summed E-state index contributed by atoms with van der Waals surface area (Å²) in [5, 5.41) is 17.6. The van der Waals surface area contributed by atoms with Crippen molar-refractivity contribution >= 4 is 11.6 Å². The Balaban J connectivity index is 1.43. The van der Waals surface area contributed by atoms with E-state index in [-0.39, 0.29) is 0 Å². The number of aromatic nitrogens is 4. The van der Waals surface area contributed by atoms with Crippen molar-refractivity contribution in [2.45, 2.75) is 64.5 Å². The van der Waals surface area contributed by atoms with Gasteiger partial charge in [0, 0.05) is 29.0 Å². The number of nitrogens with one attached hydrogen (secondary N) is 1. The second-order valence-corrected chi connectivity index (χ2v) is 8.42. The molecule has 146 valence electrons. The minimum atomic E-state index is 0.410. The lowest BCUT2D eigenvalue weighted by Gasteiger charge is -2.27. The topological polar surface area (TPSA) is 68.8 Å². The van der Waals surface area contributed by atoms with Gasteiger partial charge in [-0.1, -0.05) is 16.8 Å². The van der Waals surface area contributed by atoms with E-state index in [9.17, 15) is 0 Å². The molecule has 0 unspecified atom stereocenters. The van der Waals surface area contributed by atoms with Crippen molar-refractivity contribution in [3.05, 3.63) is 57.5 Å². The molecule has 1 saturated carbocycles. The Morgan fingerprint density at radius 3 is 2.61 bits per heavy atom. The first-order chi connectivity index (χ1) is 13.6. The lowest BCUT2D eigenvalue weighted by atomic mass is 9.79. The molecule has 0 radical (unpaired) electrons. The molecule has 2 aromatic heterocycles. The summed E-state index contributed by atoms with van der Waals surface area (Å²) in [6.45, 7) is 5.60. The molecule has 1 N–H and O–H groups in total. The number of aryl methyl sites for hydroxylation is 1. The maximum absolute atomic E-state index is 6.23. The minimum absolute atomic E-state index is 0.410. The number of rotatable bonds is 2. The van der Waals surface area contributed by atoms with E-state index in [1.165, 1.54) is 11.1 Å². The van der Waals surface area contributed by atoms with Gasteiger partial charge in [0.1, 0.15) is 11.6 Å². The Labute approximate surface area is 169 Å². The van der Waals surface area contributed by atoms with Crippen LogP contribution in [0.1, 0.15) is 71.7 Å². The van der Waals surface area contributed by atoms with Crippen molar-refractivity contribution in [3.8, 4) is 5.69 Å². The molecule has 3 heterocycles. The second-order valence-electron chi connectivity index (χ2n) is 7.98. The van der Waals surface area contributed by atoms with Crippen LogP contribution in [-0.4, -0.2) is 19.9 Å². The van der Waals surface area contributed by atoms with E-state index in [0.29, 0.717) is 18.4 Å². The fraction of sp³-hybridized carbons (Fsp3) is 0.476. The Morgan fingerprint density at radius 2 is 1.86 bits per heavy atom. The van der Waals surface area contributed by atoms with Crippen LogP contribution in [0.2, 0.25) is 5.02 Å². The maximum Gasteiger partial charge on any atom is 0.151 e. The van der Waals surface area contributed by atoms with E-state index < -0.39 is 0 Å². The summed E-state index contributed by atoms with van der Waals surface area (Å²) < 4.78 is 7.64. The fourth-order valence-electron chi connectivity index (χ4n) is 4.64. The van der Waals surface area contributed by atoms with Gasteiger partial charge in [0.2, 0.25) is 0 Å². The third-order valence-corrected chi connectivity index (χ3v) is 6.54. The smallest absolute Gasteiger partial charge is 0.151 e. The van der Waals surface area contributed by atoms with Crippen LogP contribution < -0.4 is 5.32 Å². The molecule has 28 heavy (non-hydrogen) atoms. The quantitative estimate of drug-likeness (QED) is 0.685. The van der Waals surface area contributed by atoms with Crippen LogP contribution in [0.15, 0.2) is 22.7 Å². The summed E-state index contributed by atoms with van der Waals surface area (Å²) in [7, 11) is 0. The highest BCUT2D eigenvalue weighted by molar-refractivity contribution is 6.30. The third-order valence-electron chi connectivity index (χ3n) is 6.31. The summed E-state index contributed by atoms with van der Waals surface area (Å²) >= 11 is 6.23. The summed E-state index contributed by atoms with van der Waals surface area (Å²) in [5.74, 6) is 3.87. The number of hydrogen-bond donors (Lipinski definition) is 1. The van der Waals surface area contributed by atoms with Gasteiger partial charge in [-0.2, -0.15) is 0 Å². The molecule has 0 atom stereocenters. The van der Waals surface area contributed by atoms with Crippen molar-refractivity contribution in [2.24, 2.45) is 0 Å². The van der Waals surface area contributed by atoms with Crippen molar-refractivity contribution in [2.75, 3.05) is 0 Å². The van der Waals surface area contributed by atoms with E-state index in [0.717, 1.165) is 66.0 Å². The van der Waals surface area contributed by atoms with Crippen molar-refractivity contribution in [3.63, 3.8) is 0 Å². The zero-order chi connectivity index (χ0) is 19.3. The molecule has 2 aliphatic rings. The Morgan fingerprint density at radius 1 is 1.07 bits per heavy atom. The first-order valence-electron chi connectivity index (χ1n) is 9.98. The normalized spacial score (nSPS) is 21.8. The largest absolute Gasteiger partial charge is 0.361 e. The molecule has 1 aliphatic carbocycles. The van der Waals surface area contributed by atoms with E-state index in [2.05, 4.69) is 38.2 Å². The molecule has 6 nitrogen and oxygen atoms in total. The van der Waals surface area contributed by atoms with Gasteiger partial charge >= 0.3 is 0 Å². The Kier molecular flexibility index (Phi) is 4.48. The zero-order valence-corrected chi connectivity index (χ0v) is 17.0. The molecular formula is C21H24ClN5O. The summed E-state index contributed by atoms with van der Waals surface area (Å²) in [4.78, 5) is 0. The molecule has 5 rings (SSSR count). The third kappa shape index (κ3) is 2.95. The first kappa shape index (κ1) is 17.9. The number of benzene rings is 1. The second kappa shape index (κ2) is 7.01. The predicted octanol–water partition coefficient (Wildman–Crippen LogP) is 4.57. The number of fused-ring (bicyclic) bond motifs is 3. The zero-order valence-electron chi connectivity index (χ0n) is 16.2. The average molecular weight is 398 g/mol. The van der Waals surface area contributed by atoms with Crippen molar-refractivity contribution in [1.29, 1.82) is 0 Å². The van der Waals surface area contributed by atoms with Crippen LogP contribution in [0, 0.1) is 13.8 Å². The molecule has 1 aromatic carbocycles. The molecular weight excluding hydrogens is 374 g/mol. The molecule has 0 spiro atoms. The molecule has 1 aliphatic heterocycles. The van der Waals surface area contributed by atoms with Gasteiger partial charge in [-0.3, -0.25) is 4.57 Å². The molecule has 0 amide bonds. The van der Waals surface area contributed by atoms with E-state index in [1.807, 2.05) is 19.1 Å². The van der Waals surface area contributed by atoms with Crippen LogP contribution >= 0.6 is 11.6 Å². The highest BCUT2D eigenvalue weighted by Gasteiger charge is 2.31. The van der Waals surface area contributed by atoms with Crippen LogP contribution in [0.4, 0.5) is 0 Å². The van der Waals surface area contributed by atoms with Crippen LogP contribution in [0.3, 0.4) is 0 Å². The number of nitrogens with zero attached hydrogens (tertiary/aromatic N) is 4. The van der Waals surface area contributed by atoms with Crippen molar-refractivity contribution in [1.82, 2.24) is 25.2 Å². The predicted molar refractivity (Wildman–Crippen MR) is 107 cm³/mol. The highest BCUT2D eigenvalue weighted by Crippen LogP contribution is 2.41. The Hall–Kier alpha value is -2.18. The monoisotopic (exact) mass is 397 g/mol. The Bertz CT molecular complexity index is 1020. The van der Waals surface area contributed by atoms with Gasteiger partial charge in [0.15, 0.2) is 5.82 Å². The summed E-state index contributed by atoms with van der Waals surface area (Å²) in [6.07, 6.45) is 4.38. The van der Waals surface area contributed by atoms with Crippen LogP contribution in [0.25, 0.3) is 5.69 Å². The van der Waals surface area contributed by atoms with Crippen LogP contribution in [-0.2, 0) is 13.1 Å².